The van der Waals surface area contributed by atoms with Crippen LogP contribution in [0.5, 0.6) is 0 Å². The van der Waals surface area contributed by atoms with Gasteiger partial charge in [-0.1, -0.05) is 30.3 Å². The van der Waals surface area contributed by atoms with Gasteiger partial charge in [0.15, 0.2) is 0 Å². The molecule has 0 saturated heterocycles. The second-order valence-corrected chi connectivity index (χ2v) is 10.0. The van der Waals surface area contributed by atoms with Crippen molar-refractivity contribution in [1.82, 2.24) is 10.2 Å². The molecule has 0 heterocycles. The van der Waals surface area contributed by atoms with E-state index in [1.807, 2.05) is 0 Å². The molecule has 0 spiro atoms. The summed E-state index contributed by atoms with van der Waals surface area (Å²) < 4.78 is 11.0. The maximum Gasteiger partial charge on any atom is 0.334 e. The Balaban J connectivity index is 2.24. The molecule has 132 valence electrons. The first-order valence-corrected chi connectivity index (χ1v) is 11.1. The van der Waals surface area contributed by atoms with E-state index in [0.717, 1.165) is 38.6 Å². The molecule has 0 unspecified atom stereocenters. The summed E-state index contributed by atoms with van der Waals surface area (Å²) in [6.07, 6.45) is 1.10. The molecule has 1 aromatic carbocycles. The van der Waals surface area contributed by atoms with Crippen molar-refractivity contribution in [3.8, 4) is 0 Å². The largest absolute Gasteiger partial charge is 0.398 e. The third kappa shape index (κ3) is 8.08. The van der Waals surface area contributed by atoms with Crippen LogP contribution in [0.3, 0.4) is 0 Å². The van der Waals surface area contributed by atoms with E-state index >= 15 is 0 Å². The van der Waals surface area contributed by atoms with Crippen molar-refractivity contribution in [2.45, 2.75) is 45.4 Å². The minimum absolute atomic E-state index is 0.551. The van der Waals surface area contributed by atoms with Crippen molar-refractivity contribution >= 4 is 8.56 Å². The maximum absolute atomic E-state index is 5.51. The van der Waals surface area contributed by atoms with Crippen LogP contribution in [0.1, 0.15) is 25.8 Å². The first kappa shape index (κ1) is 20.3. The van der Waals surface area contributed by atoms with Crippen LogP contribution < -0.4 is 5.32 Å². The number of hydrogen-bond donors (Lipinski definition) is 1. The van der Waals surface area contributed by atoms with Crippen LogP contribution in [0.2, 0.25) is 12.6 Å². The Morgan fingerprint density at radius 1 is 1.09 bits per heavy atom. The molecule has 0 fully saturated rings. The molecular formula is C18H34N2O2Si. The molecule has 0 aromatic heterocycles. The van der Waals surface area contributed by atoms with Gasteiger partial charge in [-0.25, -0.2) is 0 Å². The van der Waals surface area contributed by atoms with Crippen molar-refractivity contribution in [2.24, 2.45) is 0 Å². The van der Waals surface area contributed by atoms with E-state index in [4.69, 9.17) is 8.85 Å². The molecule has 5 heteroatoms. The molecule has 23 heavy (non-hydrogen) atoms. The Kier molecular flexibility index (Phi) is 9.67. The molecule has 0 saturated carbocycles. The molecule has 0 radical (unpaired) electrons. The number of nitrogens with zero attached hydrogens (tertiary/aromatic N) is 1. The van der Waals surface area contributed by atoms with Crippen LogP contribution in [0, 0.1) is 0 Å². The average Bonchev–Trinajstić information content (AvgIpc) is 2.57. The predicted molar refractivity (Wildman–Crippen MR) is 99.9 cm³/mol. The highest BCUT2D eigenvalue weighted by Crippen LogP contribution is 2.13. The van der Waals surface area contributed by atoms with Crippen LogP contribution in [0.15, 0.2) is 30.3 Å². The first-order valence-electron chi connectivity index (χ1n) is 8.59. The van der Waals surface area contributed by atoms with Crippen molar-refractivity contribution in [3.05, 3.63) is 35.9 Å². The van der Waals surface area contributed by atoms with Crippen molar-refractivity contribution in [1.29, 1.82) is 0 Å². The fourth-order valence-corrected chi connectivity index (χ4v) is 3.90. The van der Waals surface area contributed by atoms with E-state index in [2.05, 4.69) is 60.9 Å². The van der Waals surface area contributed by atoms with Gasteiger partial charge in [0.05, 0.1) is 0 Å². The van der Waals surface area contributed by atoms with Crippen LogP contribution in [-0.2, 0) is 15.4 Å². The van der Waals surface area contributed by atoms with Crippen molar-refractivity contribution < 1.29 is 8.85 Å². The third-order valence-corrected chi connectivity index (χ3v) is 7.37. The lowest BCUT2D eigenvalue weighted by Crippen LogP contribution is -2.38. The summed E-state index contributed by atoms with van der Waals surface area (Å²) in [5.41, 5.74) is 1.38. The lowest BCUT2D eigenvalue weighted by molar-refractivity contribution is 0.213. The van der Waals surface area contributed by atoms with Gasteiger partial charge in [-0.3, -0.25) is 4.90 Å². The molecule has 0 bridgehead atoms. The van der Waals surface area contributed by atoms with Gasteiger partial charge in [0.2, 0.25) is 0 Å². The lowest BCUT2D eigenvalue weighted by Gasteiger charge is -2.27. The molecule has 0 atom stereocenters. The monoisotopic (exact) mass is 338 g/mol. The smallest absolute Gasteiger partial charge is 0.334 e. The highest BCUT2D eigenvalue weighted by Gasteiger charge is 2.27. The average molecular weight is 339 g/mol. The quantitative estimate of drug-likeness (QED) is 0.469. The Morgan fingerprint density at radius 3 is 2.30 bits per heavy atom. The second kappa shape index (κ2) is 10.9. The van der Waals surface area contributed by atoms with E-state index in [1.54, 1.807) is 14.2 Å². The zero-order chi connectivity index (χ0) is 17.1. The summed E-state index contributed by atoms with van der Waals surface area (Å²) in [5, 5.41) is 3.55. The van der Waals surface area contributed by atoms with Gasteiger partial charge in [-0.2, -0.15) is 0 Å². The third-order valence-electron chi connectivity index (χ3n) is 4.38. The van der Waals surface area contributed by atoms with Gasteiger partial charge >= 0.3 is 8.56 Å². The second-order valence-electron chi connectivity index (χ2n) is 6.45. The van der Waals surface area contributed by atoms with E-state index in [-0.39, 0.29) is 0 Å². The summed E-state index contributed by atoms with van der Waals surface area (Å²) >= 11 is 0. The summed E-state index contributed by atoms with van der Waals surface area (Å²) in [6, 6.07) is 12.3. The van der Waals surface area contributed by atoms with Gasteiger partial charge in [0, 0.05) is 39.9 Å². The summed E-state index contributed by atoms with van der Waals surface area (Å²) in [4.78, 5) is 2.51. The topological polar surface area (TPSA) is 33.7 Å². The predicted octanol–water partition coefficient (Wildman–Crippen LogP) is 3.24. The fourth-order valence-electron chi connectivity index (χ4n) is 2.51. The van der Waals surface area contributed by atoms with Crippen molar-refractivity contribution in [2.75, 3.05) is 33.9 Å². The Labute approximate surface area is 143 Å². The van der Waals surface area contributed by atoms with Crippen LogP contribution in [0.25, 0.3) is 0 Å². The van der Waals surface area contributed by atoms with E-state index in [0.29, 0.717) is 6.04 Å². The summed E-state index contributed by atoms with van der Waals surface area (Å²) in [5.74, 6) is 0. The molecule has 1 aromatic rings. The molecule has 4 nitrogen and oxygen atoms in total. The van der Waals surface area contributed by atoms with E-state index < -0.39 is 8.56 Å². The lowest BCUT2D eigenvalue weighted by atomic mass is 10.2. The minimum Gasteiger partial charge on any atom is -0.398 e. The molecule has 0 aliphatic carbocycles. The molecule has 0 aliphatic rings. The first-order chi connectivity index (χ1) is 11.0. The fraction of sp³-hybridized carbons (Fsp3) is 0.667. The number of rotatable bonds is 12. The Hall–Kier alpha value is -0.723. The normalized spacial score (nSPS) is 12.3. The Bertz CT molecular complexity index is 411. The molecule has 1 rings (SSSR count). The zero-order valence-corrected chi connectivity index (χ0v) is 16.5. The highest BCUT2D eigenvalue weighted by atomic mass is 28.4. The van der Waals surface area contributed by atoms with Gasteiger partial charge < -0.3 is 14.2 Å². The zero-order valence-electron chi connectivity index (χ0n) is 15.5. The molecule has 0 aliphatic heterocycles. The number of nitrogens with one attached hydrogen (secondary N) is 1. The summed E-state index contributed by atoms with van der Waals surface area (Å²) in [7, 11) is 1.62. The van der Waals surface area contributed by atoms with Crippen LogP contribution >= 0.6 is 0 Å². The van der Waals surface area contributed by atoms with Crippen molar-refractivity contribution in [3.63, 3.8) is 0 Å². The summed E-state index contributed by atoms with van der Waals surface area (Å²) in [6.45, 7) is 10.8. The van der Waals surface area contributed by atoms with E-state index in [9.17, 15) is 0 Å². The molecular weight excluding hydrogens is 304 g/mol. The highest BCUT2D eigenvalue weighted by molar-refractivity contribution is 6.65. The minimum atomic E-state index is -1.90. The Morgan fingerprint density at radius 2 is 1.74 bits per heavy atom. The maximum atomic E-state index is 5.51. The van der Waals surface area contributed by atoms with Gasteiger partial charge in [-0.05, 0) is 45.0 Å². The molecule has 1 N–H and O–H groups in total. The van der Waals surface area contributed by atoms with E-state index in [1.165, 1.54) is 5.56 Å². The van der Waals surface area contributed by atoms with Gasteiger partial charge in [0.25, 0.3) is 0 Å². The van der Waals surface area contributed by atoms with Crippen LogP contribution in [0.4, 0.5) is 0 Å². The van der Waals surface area contributed by atoms with Gasteiger partial charge in [-0.15, -0.1) is 0 Å². The van der Waals surface area contributed by atoms with Gasteiger partial charge in [0.1, 0.15) is 0 Å². The molecule has 0 amide bonds. The van der Waals surface area contributed by atoms with Crippen LogP contribution in [-0.4, -0.2) is 53.4 Å². The number of benzene rings is 1. The number of hydrogen-bond acceptors (Lipinski definition) is 4. The SMILES string of the molecule is CO[Si](C)(CCCNCCN(Cc1ccccc1)C(C)C)OC. The standard InChI is InChI=1S/C18H34N2O2Si/c1-17(2)20(16-18-10-7-6-8-11-18)14-13-19-12-9-15-23(5,21-3)22-4/h6-8,10-11,17,19H,9,12-16H2,1-5H3.